The minimum atomic E-state index is -0.283. The minimum Gasteiger partial charge on any atom is -0.338 e. The van der Waals surface area contributed by atoms with E-state index in [9.17, 15) is 9.18 Å². The van der Waals surface area contributed by atoms with E-state index in [0.717, 1.165) is 42.1 Å². The fourth-order valence-electron chi connectivity index (χ4n) is 2.97. The third-order valence-corrected chi connectivity index (χ3v) is 5.12. The Balaban J connectivity index is 1.70. The van der Waals surface area contributed by atoms with Crippen molar-refractivity contribution in [3.63, 3.8) is 0 Å². The molecule has 2 heterocycles. The van der Waals surface area contributed by atoms with E-state index in [2.05, 4.69) is 4.98 Å². The van der Waals surface area contributed by atoms with Gasteiger partial charge in [0.15, 0.2) is 0 Å². The molecule has 0 saturated carbocycles. The van der Waals surface area contributed by atoms with E-state index < -0.39 is 0 Å². The normalized spacial score (nSPS) is 18.2. The molecule has 2 aromatic rings. The number of carbonyl (C=O) groups is 1. The number of hydrogen-bond donors (Lipinski definition) is 1. The summed E-state index contributed by atoms with van der Waals surface area (Å²) in [6.07, 6.45) is 3.43. The predicted molar refractivity (Wildman–Crippen MR) is 89.6 cm³/mol. The van der Waals surface area contributed by atoms with E-state index in [1.54, 1.807) is 6.07 Å². The maximum atomic E-state index is 13.3. The fourth-order valence-corrected chi connectivity index (χ4v) is 3.79. The van der Waals surface area contributed by atoms with Crippen LogP contribution in [0.25, 0.3) is 10.6 Å². The van der Waals surface area contributed by atoms with Gasteiger partial charge in [0.05, 0.1) is 12.1 Å². The molecule has 1 aliphatic heterocycles. The lowest BCUT2D eigenvalue weighted by Gasteiger charge is -2.35. The molecular weight excluding hydrogens is 313 g/mol. The SMILES string of the molecule is NCC1CCCCN1C(=O)Cc1csc(-c2cccc(F)c2)n1. The molecule has 0 spiro atoms. The van der Waals surface area contributed by atoms with Crippen LogP contribution in [0, 0.1) is 5.82 Å². The molecule has 1 unspecified atom stereocenters. The number of nitrogens with two attached hydrogens (primary N) is 1. The number of likely N-dealkylation sites (tertiary alicyclic amines) is 1. The first-order valence-electron chi connectivity index (χ1n) is 7.87. The Bertz CT molecular complexity index is 688. The third-order valence-electron chi connectivity index (χ3n) is 4.18. The fraction of sp³-hybridized carbons (Fsp3) is 0.412. The molecule has 23 heavy (non-hydrogen) atoms. The molecule has 1 aromatic heterocycles. The highest BCUT2D eigenvalue weighted by Crippen LogP contribution is 2.25. The Morgan fingerprint density at radius 3 is 3.09 bits per heavy atom. The van der Waals surface area contributed by atoms with E-state index in [0.29, 0.717) is 6.54 Å². The molecule has 122 valence electrons. The molecule has 1 amide bonds. The number of piperidine rings is 1. The lowest BCUT2D eigenvalue weighted by molar-refractivity contribution is -0.133. The van der Waals surface area contributed by atoms with Crippen LogP contribution in [0.5, 0.6) is 0 Å². The van der Waals surface area contributed by atoms with Crippen LogP contribution in [-0.2, 0) is 11.2 Å². The summed E-state index contributed by atoms with van der Waals surface area (Å²) in [4.78, 5) is 18.9. The molecule has 0 bridgehead atoms. The predicted octanol–water partition coefficient (Wildman–Crippen LogP) is 2.83. The molecule has 2 N–H and O–H groups in total. The molecule has 1 atom stereocenters. The lowest BCUT2D eigenvalue weighted by Crippen LogP contribution is -2.48. The molecule has 1 fully saturated rings. The highest BCUT2D eigenvalue weighted by Gasteiger charge is 2.26. The van der Waals surface area contributed by atoms with E-state index >= 15 is 0 Å². The van der Waals surface area contributed by atoms with Crippen molar-refractivity contribution >= 4 is 17.2 Å². The van der Waals surface area contributed by atoms with Crippen molar-refractivity contribution in [2.24, 2.45) is 5.73 Å². The molecular formula is C17H20FN3OS. The average molecular weight is 333 g/mol. The zero-order valence-corrected chi connectivity index (χ0v) is 13.7. The number of amides is 1. The molecule has 4 nitrogen and oxygen atoms in total. The number of aromatic nitrogens is 1. The van der Waals surface area contributed by atoms with Crippen molar-refractivity contribution in [2.75, 3.05) is 13.1 Å². The lowest BCUT2D eigenvalue weighted by atomic mass is 10.0. The summed E-state index contributed by atoms with van der Waals surface area (Å²) in [5, 5.41) is 2.61. The molecule has 1 saturated heterocycles. The second-order valence-corrected chi connectivity index (χ2v) is 6.66. The first kappa shape index (κ1) is 16.1. The summed E-state index contributed by atoms with van der Waals surface area (Å²) >= 11 is 1.43. The summed E-state index contributed by atoms with van der Waals surface area (Å²) < 4.78 is 13.3. The Morgan fingerprint density at radius 1 is 1.43 bits per heavy atom. The Hall–Kier alpha value is -1.79. The van der Waals surface area contributed by atoms with Crippen molar-refractivity contribution in [3.8, 4) is 10.6 Å². The first-order valence-corrected chi connectivity index (χ1v) is 8.75. The summed E-state index contributed by atoms with van der Waals surface area (Å²) in [5.41, 5.74) is 7.25. The second-order valence-electron chi connectivity index (χ2n) is 5.80. The molecule has 0 radical (unpaired) electrons. The van der Waals surface area contributed by atoms with Gasteiger partial charge in [0.25, 0.3) is 0 Å². The Labute approximate surface area is 139 Å². The van der Waals surface area contributed by atoms with Gasteiger partial charge in [-0.15, -0.1) is 11.3 Å². The molecule has 1 aromatic carbocycles. The number of nitrogens with zero attached hydrogens (tertiary/aromatic N) is 2. The van der Waals surface area contributed by atoms with Crippen LogP contribution in [0.2, 0.25) is 0 Å². The second kappa shape index (κ2) is 7.19. The highest BCUT2D eigenvalue weighted by atomic mass is 32.1. The largest absolute Gasteiger partial charge is 0.338 e. The van der Waals surface area contributed by atoms with Gasteiger partial charge in [0, 0.05) is 30.1 Å². The Kier molecular flexibility index (Phi) is 5.03. The van der Waals surface area contributed by atoms with Gasteiger partial charge in [-0.05, 0) is 31.4 Å². The van der Waals surface area contributed by atoms with Gasteiger partial charge >= 0.3 is 0 Å². The minimum absolute atomic E-state index is 0.0799. The number of rotatable bonds is 4. The summed E-state index contributed by atoms with van der Waals surface area (Å²) in [6.45, 7) is 1.29. The van der Waals surface area contributed by atoms with Gasteiger partial charge in [-0.2, -0.15) is 0 Å². The standard InChI is InChI=1S/C17H20FN3OS/c18-13-5-3-4-12(8-13)17-20-14(11-23-17)9-16(22)21-7-2-1-6-15(21)10-19/h3-5,8,11,15H,1-2,6-7,9-10,19H2. The smallest absolute Gasteiger partial charge is 0.228 e. The van der Waals surface area contributed by atoms with E-state index in [1.807, 2.05) is 16.3 Å². The van der Waals surface area contributed by atoms with Crippen molar-refractivity contribution in [3.05, 3.63) is 41.2 Å². The van der Waals surface area contributed by atoms with Crippen LogP contribution >= 0.6 is 11.3 Å². The zero-order valence-electron chi connectivity index (χ0n) is 12.9. The summed E-state index contributed by atoms with van der Waals surface area (Å²) in [6, 6.07) is 6.50. The number of carbonyl (C=O) groups excluding carboxylic acids is 1. The van der Waals surface area contributed by atoms with Crippen molar-refractivity contribution < 1.29 is 9.18 Å². The molecule has 1 aliphatic rings. The van der Waals surface area contributed by atoms with E-state index in [4.69, 9.17) is 5.73 Å². The van der Waals surface area contributed by atoms with Gasteiger partial charge in [-0.1, -0.05) is 12.1 Å². The van der Waals surface area contributed by atoms with Crippen LogP contribution in [0.3, 0.4) is 0 Å². The van der Waals surface area contributed by atoms with Gasteiger partial charge in [0.1, 0.15) is 10.8 Å². The van der Waals surface area contributed by atoms with Crippen LogP contribution in [0.15, 0.2) is 29.6 Å². The van der Waals surface area contributed by atoms with Crippen molar-refractivity contribution in [1.29, 1.82) is 0 Å². The summed E-state index contributed by atoms with van der Waals surface area (Å²) in [7, 11) is 0. The average Bonchev–Trinajstić information content (AvgIpc) is 3.03. The van der Waals surface area contributed by atoms with Crippen LogP contribution in [0.4, 0.5) is 4.39 Å². The number of thiazole rings is 1. The first-order chi connectivity index (χ1) is 11.2. The van der Waals surface area contributed by atoms with E-state index in [1.165, 1.54) is 23.5 Å². The van der Waals surface area contributed by atoms with Gasteiger partial charge < -0.3 is 10.6 Å². The molecule has 6 heteroatoms. The van der Waals surface area contributed by atoms with Crippen molar-refractivity contribution in [2.45, 2.75) is 31.7 Å². The zero-order chi connectivity index (χ0) is 16.2. The van der Waals surface area contributed by atoms with Crippen LogP contribution < -0.4 is 5.73 Å². The monoisotopic (exact) mass is 333 g/mol. The number of benzene rings is 1. The van der Waals surface area contributed by atoms with Gasteiger partial charge in [-0.25, -0.2) is 9.37 Å². The molecule has 3 rings (SSSR count). The quantitative estimate of drug-likeness (QED) is 0.936. The summed E-state index contributed by atoms with van der Waals surface area (Å²) in [5.74, 6) is -0.203. The number of halogens is 1. The highest BCUT2D eigenvalue weighted by molar-refractivity contribution is 7.13. The molecule has 0 aliphatic carbocycles. The van der Waals surface area contributed by atoms with Crippen LogP contribution in [-0.4, -0.2) is 34.9 Å². The van der Waals surface area contributed by atoms with Gasteiger partial charge in [0.2, 0.25) is 5.91 Å². The van der Waals surface area contributed by atoms with E-state index in [-0.39, 0.29) is 24.2 Å². The topological polar surface area (TPSA) is 59.2 Å². The van der Waals surface area contributed by atoms with Crippen LogP contribution in [0.1, 0.15) is 25.0 Å². The third kappa shape index (κ3) is 3.76. The maximum absolute atomic E-state index is 13.3. The van der Waals surface area contributed by atoms with Gasteiger partial charge in [-0.3, -0.25) is 4.79 Å². The Morgan fingerprint density at radius 2 is 2.30 bits per heavy atom. The maximum Gasteiger partial charge on any atom is 0.228 e. The van der Waals surface area contributed by atoms with Crippen molar-refractivity contribution in [1.82, 2.24) is 9.88 Å². The number of hydrogen-bond acceptors (Lipinski definition) is 4.